The summed E-state index contributed by atoms with van der Waals surface area (Å²) < 4.78 is 6.68. The number of carboxylic acids is 1. The van der Waals surface area contributed by atoms with E-state index < -0.39 is 5.97 Å². The van der Waals surface area contributed by atoms with E-state index in [-0.39, 0.29) is 5.56 Å². The summed E-state index contributed by atoms with van der Waals surface area (Å²) in [7, 11) is 0. The number of carboxylic acid groups (broad SMARTS) is 1. The van der Waals surface area contributed by atoms with Gasteiger partial charge in [-0.1, -0.05) is 15.9 Å². The van der Waals surface area contributed by atoms with E-state index in [0.29, 0.717) is 17.2 Å². The Morgan fingerprint density at radius 2 is 2.00 bits per heavy atom. The molecule has 0 saturated heterocycles. The van der Waals surface area contributed by atoms with Crippen LogP contribution in [0.4, 0.5) is 0 Å². The summed E-state index contributed by atoms with van der Waals surface area (Å²) in [5, 5.41) is 8.88. The number of ether oxygens (including phenoxy) is 1. The van der Waals surface area contributed by atoms with E-state index in [0.717, 1.165) is 10.0 Å². The van der Waals surface area contributed by atoms with Crippen LogP contribution in [0.25, 0.3) is 0 Å². The average Bonchev–Trinajstić information content (AvgIpc) is 2.34. The number of benzene rings is 1. The van der Waals surface area contributed by atoms with Crippen LogP contribution >= 0.6 is 15.9 Å². The predicted molar refractivity (Wildman–Crippen MR) is 74.9 cm³/mol. The fourth-order valence-corrected chi connectivity index (χ4v) is 2.09. The molecular weight excluding hydrogens is 310 g/mol. The molecule has 0 unspecified atom stereocenters. The van der Waals surface area contributed by atoms with E-state index in [2.05, 4.69) is 20.9 Å². The normalized spacial score (nSPS) is 10.3. The third-order valence-electron chi connectivity index (χ3n) is 2.62. The minimum Gasteiger partial charge on any atom is -0.478 e. The Hall–Kier alpha value is -1.88. The molecule has 0 bridgehead atoms. The van der Waals surface area contributed by atoms with E-state index in [1.54, 1.807) is 13.0 Å². The van der Waals surface area contributed by atoms with Crippen LogP contribution in [0.15, 0.2) is 34.9 Å². The SMILES string of the molecule is Cc1cc(Br)ccc1Oc1ncc(C(=O)O)cc1C. The number of hydrogen-bond acceptors (Lipinski definition) is 3. The molecule has 0 fully saturated rings. The Kier molecular flexibility index (Phi) is 3.85. The average molecular weight is 322 g/mol. The zero-order valence-corrected chi connectivity index (χ0v) is 12.1. The number of aromatic nitrogens is 1. The fourth-order valence-electron chi connectivity index (χ4n) is 1.62. The smallest absolute Gasteiger partial charge is 0.337 e. The zero-order chi connectivity index (χ0) is 14.0. The Labute approximate surface area is 119 Å². The highest BCUT2D eigenvalue weighted by atomic mass is 79.9. The van der Waals surface area contributed by atoms with Crippen molar-refractivity contribution >= 4 is 21.9 Å². The van der Waals surface area contributed by atoms with Gasteiger partial charge in [0.2, 0.25) is 5.88 Å². The largest absolute Gasteiger partial charge is 0.478 e. The molecule has 0 aliphatic carbocycles. The monoisotopic (exact) mass is 321 g/mol. The van der Waals surface area contributed by atoms with Crippen LogP contribution in [0, 0.1) is 13.8 Å². The van der Waals surface area contributed by atoms with Crippen LogP contribution in [0.2, 0.25) is 0 Å². The zero-order valence-electron chi connectivity index (χ0n) is 10.5. The molecule has 0 saturated carbocycles. The van der Waals surface area contributed by atoms with Crippen molar-refractivity contribution in [2.45, 2.75) is 13.8 Å². The number of aryl methyl sites for hydroxylation is 2. The first-order chi connectivity index (χ1) is 8.97. The molecule has 0 spiro atoms. The number of rotatable bonds is 3. The molecular formula is C14H12BrNO3. The summed E-state index contributed by atoms with van der Waals surface area (Å²) in [4.78, 5) is 14.9. The number of halogens is 1. The van der Waals surface area contributed by atoms with Crippen molar-refractivity contribution in [3.8, 4) is 11.6 Å². The Bertz CT molecular complexity index is 641. The number of pyridine rings is 1. The summed E-state index contributed by atoms with van der Waals surface area (Å²) in [5.74, 6) is 0.110. The van der Waals surface area contributed by atoms with Gasteiger partial charge in [-0.25, -0.2) is 9.78 Å². The van der Waals surface area contributed by atoms with Crippen LogP contribution in [-0.2, 0) is 0 Å². The first-order valence-corrected chi connectivity index (χ1v) is 6.40. The lowest BCUT2D eigenvalue weighted by atomic mass is 10.2. The lowest BCUT2D eigenvalue weighted by Crippen LogP contribution is -2.00. The lowest BCUT2D eigenvalue weighted by Gasteiger charge is -2.10. The van der Waals surface area contributed by atoms with Crippen molar-refractivity contribution in [2.75, 3.05) is 0 Å². The van der Waals surface area contributed by atoms with Gasteiger partial charge >= 0.3 is 5.97 Å². The van der Waals surface area contributed by atoms with Gasteiger partial charge in [-0.3, -0.25) is 0 Å². The van der Waals surface area contributed by atoms with Crippen LogP contribution < -0.4 is 4.74 Å². The van der Waals surface area contributed by atoms with Gasteiger partial charge in [0.25, 0.3) is 0 Å². The predicted octanol–water partition coefficient (Wildman–Crippen LogP) is 3.95. The number of nitrogens with zero attached hydrogens (tertiary/aromatic N) is 1. The third-order valence-corrected chi connectivity index (χ3v) is 3.11. The van der Waals surface area contributed by atoms with Crippen LogP contribution in [0.3, 0.4) is 0 Å². The van der Waals surface area contributed by atoms with E-state index in [4.69, 9.17) is 9.84 Å². The van der Waals surface area contributed by atoms with E-state index in [1.165, 1.54) is 6.20 Å². The second-order valence-electron chi connectivity index (χ2n) is 4.16. The molecule has 4 nitrogen and oxygen atoms in total. The van der Waals surface area contributed by atoms with E-state index in [1.807, 2.05) is 25.1 Å². The summed E-state index contributed by atoms with van der Waals surface area (Å²) in [6.07, 6.45) is 1.29. The summed E-state index contributed by atoms with van der Waals surface area (Å²) in [5.41, 5.74) is 1.80. The fraction of sp³-hybridized carbons (Fsp3) is 0.143. The van der Waals surface area contributed by atoms with Gasteiger partial charge in [0.1, 0.15) is 5.75 Å². The Balaban J connectivity index is 2.31. The van der Waals surface area contributed by atoms with Crippen molar-refractivity contribution < 1.29 is 14.6 Å². The van der Waals surface area contributed by atoms with E-state index in [9.17, 15) is 4.79 Å². The van der Waals surface area contributed by atoms with Crippen LogP contribution in [0.1, 0.15) is 21.5 Å². The number of hydrogen-bond donors (Lipinski definition) is 1. The van der Waals surface area contributed by atoms with Gasteiger partial charge < -0.3 is 9.84 Å². The van der Waals surface area contributed by atoms with Crippen molar-refractivity contribution in [1.29, 1.82) is 0 Å². The first kappa shape index (κ1) is 13.5. The van der Waals surface area contributed by atoms with Crippen LogP contribution in [-0.4, -0.2) is 16.1 Å². The standard InChI is InChI=1S/C14H12BrNO3/c1-8-6-11(15)3-4-12(8)19-13-9(2)5-10(7-16-13)14(17)18/h3-7H,1-2H3,(H,17,18). The molecule has 0 radical (unpaired) electrons. The number of aromatic carboxylic acids is 1. The highest BCUT2D eigenvalue weighted by Gasteiger charge is 2.10. The Morgan fingerprint density at radius 3 is 2.58 bits per heavy atom. The molecule has 0 aliphatic heterocycles. The van der Waals surface area contributed by atoms with Gasteiger partial charge in [0.05, 0.1) is 5.56 Å². The molecule has 1 heterocycles. The van der Waals surface area contributed by atoms with Crippen molar-refractivity contribution in [3.05, 3.63) is 51.6 Å². The van der Waals surface area contributed by atoms with Gasteiger partial charge in [-0.15, -0.1) is 0 Å². The van der Waals surface area contributed by atoms with Gasteiger partial charge in [0, 0.05) is 16.2 Å². The van der Waals surface area contributed by atoms with Crippen molar-refractivity contribution in [3.63, 3.8) is 0 Å². The third kappa shape index (κ3) is 3.12. The van der Waals surface area contributed by atoms with Gasteiger partial charge in [-0.2, -0.15) is 0 Å². The molecule has 1 aromatic heterocycles. The highest BCUT2D eigenvalue weighted by Crippen LogP contribution is 2.28. The lowest BCUT2D eigenvalue weighted by molar-refractivity contribution is 0.0696. The molecule has 0 atom stereocenters. The number of carbonyl (C=O) groups is 1. The van der Waals surface area contributed by atoms with Gasteiger partial charge in [-0.05, 0) is 43.7 Å². The van der Waals surface area contributed by atoms with Crippen molar-refractivity contribution in [2.24, 2.45) is 0 Å². The quantitative estimate of drug-likeness (QED) is 0.929. The maximum absolute atomic E-state index is 10.8. The van der Waals surface area contributed by atoms with Crippen molar-refractivity contribution in [1.82, 2.24) is 4.98 Å². The molecule has 1 N–H and O–H groups in total. The first-order valence-electron chi connectivity index (χ1n) is 5.61. The minimum atomic E-state index is -0.998. The highest BCUT2D eigenvalue weighted by molar-refractivity contribution is 9.10. The molecule has 19 heavy (non-hydrogen) atoms. The Morgan fingerprint density at radius 1 is 1.26 bits per heavy atom. The van der Waals surface area contributed by atoms with Crippen LogP contribution in [0.5, 0.6) is 11.6 Å². The minimum absolute atomic E-state index is 0.150. The summed E-state index contributed by atoms with van der Waals surface area (Å²) in [6, 6.07) is 7.20. The summed E-state index contributed by atoms with van der Waals surface area (Å²) >= 11 is 3.39. The van der Waals surface area contributed by atoms with E-state index >= 15 is 0 Å². The molecule has 5 heteroatoms. The maximum Gasteiger partial charge on any atom is 0.337 e. The molecule has 98 valence electrons. The molecule has 2 rings (SSSR count). The van der Waals surface area contributed by atoms with Gasteiger partial charge in [0.15, 0.2) is 0 Å². The maximum atomic E-state index is 10.8. The second kappa shape index (κ2) is 5.40. The molecule has 2 aromatic rings. The summed E-state index contributed by atoms with van der Waals surface area (Å²) in [6.45, 7) is 3.70. The molecule has 0 amide bonds. The second-order valence-corrected chi connectivity index (χ2v) is 5.08. The topological polar surface area (TPSA) is 59.4 Å². The molecule has 0 aliphatic rings. The molecule has 1 aromatic carbocycles.